The first-order chi connectivity index (χ1) is 12.6. The molecule has 3 nitrogen and oxygen atoms in total. The van der Waals surface area contributed by atoms with Gasteiger partial charge in [0.25, 0.3) is 0 Å². The highest BCUT2D eigenvalue weighted by atomic mass is 32.1. The van der Waals surface area contributed by atoms with Crippen molar-refractivity contribution in [1.29, 1.82) is 0 Å². The normalized spacial score (nSPS) is 16.2. The molecule has 4 heteroatoms. The molecule has 1 aliphatic heterocycles. The van der Waals surface area contributed by atoms with Crippen LogP contribution in [0.5, 0.6) is 0 Å². The predicted molar refractivity (Wildman–Crippen MR) is 112 cm³/mol. The summed E-state index contributed by atoms with van der Waals surface area (Å²) in [5, 5.41) is 4.27. The molecular weight excluding hydrogens is 338 g/mol. The van der Waals surface area contributed by atoms with Gasteiger partial charge in [-0.3, -0.25) is 0 Å². The maximum absolute atomic E-state index is 5.84. The smallest absolute Gasteiger partial charge is 0.174 e. The Hall–Kier alpha value is -2.59. The fourth-order valence-electron chi connectivity index (χ4n) is 3.66. The molecule has 0 saturated carbocycles. The van der Waals surface area contributed by atoms with Crippen LogP contribution in [0.3, 0.4) is 0 Å². The molecule has 0 fully saturated rings. The van der Waals surface area contributed by atoms with Gasteiger partial charge in [0.2, 0.25) is 0 Å². The van der Waals surface area contributed by atoms with Crippen LogP contribution < -0.4 is 5.32 Å². The zero-order valence-electron chi connectivity index (χ0n) is 15.1. The van der Waals surface area contributed by atoms with Gasteiger partial charge in [0.05, 0.1) is 6.04 Å². The number of anilines is 1. The first-order valence-electron chi connectivity index (χ1n) is 8.99. The lowest BCUT2D eigenvalue weighted by atomic mass is 10.0. The topological polar surface area (TPSA) is 20.2 Å². The van der Waals surface area contributed by atoms with E-state index in [-0.39, 0.29) is 6.04 Å². The number of benzene rings is 2. The van der Waals surface area contributed by atoms with Crippen molar-refractivity contribution in [2.75, 3.05) is 11.9 Å². The van der Waals surface area contributed by atoms with Crippen LogP contribution in [0.25, 0.3) is 0 Å². The molecule has 26 heavy (non-hydrogen) atoms. The number of aromatic nitrogens is 1. The van der Waals surface area contributed by atoms with Crippen LogP contribution in [0.1, 0.15) is 28.4 Å². The summed E-state index contributed by atoms with van der Waals surface area (Å²) in [6, 6.07) is 21.4. The minimum Gasteiger partial charge on any atom is -0.348 e. The highest BCUT2D eigenvalue weighted by Crippen LogP contribution is 2.33. The van der Waals surface area contributed by atoms with Crippen molar-refractivity contribution in [2.24, 2.45) is 0 Å². The average Bonchev–Trinajstić information content (AvgIpc) is 3.14. The Morgan fingerprint density at radius 2 is 1.77 bits per heavy atom. The molecule has 2 aromatic carbocycles. The Bertz CT molecular complexity index is 930. The lowest BCUT2D eigenvalue weighted by molar-refractivity contribution is 0.293. The Morgan fingerprint density at radius 1 is 0.962 bits per heavy atom. The minimum absolute atomic E-state index is 0.130. The molecule has 0 bridgehead atoms. The molecule has 1 N–H and O–H groups in total. The third-order valence-corrected chi connectivity index (χ3v) is 5.60. The second kappa shape index (κ2) is 6.96. The standard InChI is InChI=1S/C22H23N3S/c1-16-8-6-11-19(17(16)2)23-22(26)25-15-14-24-13-7-12-20(24)21(25)18-9-4-3-5-10-18/h3-13,21H,14-15H2,1-2H3,(H,23,26)/t21-/m1/s1. The van der Waals surface area contributed by atoms with E-state index < -0.39 is 0 Å². The Labute approximate surface area is 160 Å². The molecule has 0 amide bonds. The SMILES string of the molecule is Cc1cccc(NC(=S)N2CCn3cccc3[C@H]2c2ccccc2)c1C. The van der Waals surface area contributed by atoms with Gasteiger partial charge in [0.1, 0.15) is 0 Å². The number of thiocarbonyl (C=S) groups is 1. The van der Waals surface area contributed by atoms with E-state index in [1.807, 2.05) is 0 Å². The highest BCUT2D eigenvalue weighted by molar-refractivity contribution is 7.80. The van der Waals surface area contributed by atoms with Gasteiger partial charge in [0, 0.05) is 30.7 Å². The zero-order valence-corrected chi connectivity index (χ0v) is 16.0. The first-order valence-corrected chi connectivity index (χ1v) is 9.40. The monoisotopic (exact) mass is 361 g/mol. The van der Waals surface area contributed by atoms with Crippen LogP contribution in [-0.4, -0.2) is 21.1 Å². The lowest BCUT2D eigenvalue weighted by Crippen LogP contribution is -2.44. The van der Waals surface area contributed by atoms with E-state index >= 15 is 0 Å². The van der Waals surface area contributed by atoms with E-state index in [1.165, 1.54) is 22.4 Å². The highest BCUT2D eigenvalue weighted by Gasteiger charge is 2.30. The summed E-state index contributed by atoms with van der Waals surface area (Å²) in [5.74, 6) is 0. The number of aryl methyl sites for hydroxylation is 1. The zero-order chi connectivity index (χ0) is 18.1. The van der Waals surface area contributed by atoms with E-state index in [4.69, 9.17) is 12.2 Å². The number of nitrogens with one attached hydrogen (secondary N) is 1. The van der Waals surface area contributed by atoms with Gasteiger partial charge in [-0.05, 0) is 61.0 Å². The van der Waals surface area contributed by atoms with Gasteiger partial charge >= 0.3 is 0 Å². The number of rotatable bonds is 2. The maximum atomic E-state index is 5.84. The fourth-order valence-corrected chi connectivity index (χ4v) is 3.97. The molecule has 1 aromatic heterocycles. The van der Waals surface area contributed by atoms with Crippen LogP contribution in [-0.2, 0) is 6.54 Å². The van der Waals surface area contributed by atoms with E-state index in [1.54, 1.807) is 0 Å². The third kappa shape index (κ3) is 3.01. The van der Waals surface area contributed by atoms with Crippen molar-refractivity contribution < 1.29 is 0 Å². The van der Waals surface area contributed by atoms with E-state index in [0.29, 0.717) is 0 Å². The summed E-state index contributed by atoms with van der Waals surface area (Å²) >= 11 is 5.84. The molecular formula is C22H23N3S. The van der Waals surface area contributed by atoms with Crippen molar-refractivity contribution >= 4 is 23.0 Å². The van der Waals surface area contributed by atoms with Gasteiger partial charge < -0.3 is 14.8 Å². The van der Waals surface area contributed by atoms with Crippen LogP contribution in [0, 0.1) is 13.8 Å². The summed E-state index contributed by atoms with van der Waals surface area (Å²) in [6.07, 6.45) is 2.16. The van der Waals surface area contributed by atoms with E-state index in [2.05, 4.69) is 95.5 Å². The Morgan fingerprint density at radius 3 is 2.58 bits per heavy atom. The number of nitrogens with zero attached hydrogens (tertiary/aromatic N) is 2. The summed E-state index contributed by atoms with van der Waals surface area (Å²) in [5.41, 5.74) is 6.14. The average molecular weight is 362 g/mol. The summed E-state index contributed by atoms with van der Waals surface area (Å²) in [4.78, 5) is 2.31. The lowest BCUT2D eigenvalue weighted by Gasteiger charge is -2.39. The summed E-state index contributed by atoms with van der Waals surface area (Å²) < 4.78 is 2.33. The molecule has 4 rings (SSSR count). The van der Waals surface area contributed by atoms with Gasteiger partial charge in [-0.2, -0.15) is 0 Å². The molecule has 0 saturated heterocycles. The predicted octanol–water partition coefficient (Wildman–Crippen LogP) is 4.91. The van der Waals surface area contributed by atoms with Crippen LogP contribution in [0.15, 0.2) is 66.9 Å². The van der Waals surface area contributed by atoms with Crippen molar-refractivity contribution in [3.8, 4) is 0 Å². The largest absolute Gasteiger partial charge is 0.348 e. The summed E-state index contributed by atoms with van der Waals surface area (Å²) in [6.45, 7) is 6.10. The number of fused-ring (bicyclic) bond motifs is 1. The van der Waals surface area contributed by atoms with Gasteiger partial charge in [-0.25, -0.2) is 0 Å². The molecule has 1 atom stereocenters. The fraction of sp³-hybridized carbons (Fsp3) is 0.227. The molecule has 0 unspecified atom stereocenters. The molecule has 2 heterocycles. The van der Waals surface area contributed by atoms with Crippen molar-refractivity contribution in [2.45, 2.75) is 26.4 Å². The van der Waals surface area contributed by atoms with Crippen LogP contribution >= 0.6 is 12.2 Å². The second-order valence-electron chi connectivity index (χ2n) is 6.81. The number of hydrogen-bond acceptors (Lipinski definition) is 1. The quantitative estimate of drug-likeness (QED) is 0.655. The molecule has 132 valence electrons. The Balaban J connectivity index is 1.68. The third-order valence-electron chi connectivity index (χ3n) is 5.26. The van der Waals surface area contributed by atoms with Gasteiger partial charge in [-0.1, -0.05) is 42.5 Å². The number of hydrogen-bond donors (Lipinski definition) is 1. The molecule has 0 spiro atoms. The Kier molecular flexibility index (Phi) is 4.51. The van der Waals surface area contributed by atoms with E-state index in [9.17, 15) is 0 Å². The minimum atomic E-state index is 0.130. The first kappa shape index (κ1) is 16.9. The van der Waals surface area contributed by atoms with Crippen molar-refractivity contribution in [3.05, 3.63) is 89.2 Å². The molecule has 3 aromatic rings. The second-order valence-corrected chi connectivity index (χ2v) is 7.20. The van der Waals surface area contributed by atoms with Crippen LogP contribution in [0.2, 0.25) is 0 Å². The van der Waals surface area contributed by atoms with Crippen LogP contribution in [0.4, 0.5) is 5.69 Å². The molecule has 0 aliphatic carbocycles. The van der Waals surface area contributed by atoms with Crippen molar-refractivity contribution in [3.63, 3.8) is 0 Å². The summed E-state index contributed by atoms with van der Waals surface area (Å²) in [7, 11) is 0. The molecule has 1 aliphatic rings. The maximum Gasteiger partial charge on any atom is 0.174 e. The van der Waals surface area contributed by atoms with Gasteiger partial charge in [-0.15, -0.1) is 0 Å². The van der Waals surface area contributed by atoms with E-state index in [0.717, 1.165) is 23.9 Å². The van der Waals surface area contributed by atoms with Gasteiger partial charge in [0.15, 0.2) is 5.11 Å². The van der Waals surface area contributed by atoms with Crippen molar-refractivity contribution in [1.82, 2.24) is 9.47 Å². The molecule has 0 radical (unpaired) electrons.